The number of thiocarbonyl (C=S) groups is 1. The first-order valence-electron chi connectivity index (χ1n) is 13.3. The fourth-order valence-electron chi connectivity index (χ4n) is 5.16. The van der Waals surface area contributed by atoms with E-state index in [1.54, 1.807) is 21.6 Å². The number of amides is 1. The van der Waals surface area contributed by atoms with Crippen LogP contribution in [-0.2, 0) is 17.9 Å². The molecule has 9 heteroatoms. The van der Waals surface area contributed by atoms with E-state index in [9.17, 15) is 9.59 Å². The average molecular weight is 568 g/mol. The summed E-state index contributed by atoms with van der Waals surface area (Å²) in [7, 11) is 0. The highest BCUT2D eigenvalue weighted by Gasteiger charge is 2.33. The molecule has 2 fully saturated rings. The van der Waals surface area contributed by atoms with Gasteiger partial charge in [-0.15, -0.1) is 0 Å². The van der Waals surface area contributed by atoms with Crippen molar-refractivity contribution in [3.63, 3.8) is 0 Å². The first-order chi connectivity index (χ1) is 19.5. The quantitative estimate of drug-likeness (QED) is 0.247. The summed E-state index contributed by atoms with van der Waals surface area (Å²) in [6.45, 7) is 6.41. The molecule has 40 heavy (non-hydrogen) atoms. The zero-order valence-electron chi connectivity index (χ0n) is 22.2. The van der Waals surface area contributed by atoms with Crippen molar-refractivity contribution >= 4 is 51.7 Å². The molecule has 0 bridgehead atoms. The molecule has 0 atom stereocenters. The lowest BCUT2D eigenvalue weighted by atomic mass is 10.1. The summed E-state index contributed by atoms with van der Waals surface area (Å²) in [5.74, 6) is 0.429. The maximum absolute atomic E-state index is 13.9. The lowest BCUT2D eigenvalue weighted by Crippen LogP contribution is -2.47. The molecule has 2 aliphatic rings. The minimum absolute atomic E-state index is 0.189. The molecule has 2 aliphatic heterocycles. The van der Waals surface area contributed by atoms with E-state index in [1.165, 1.54) is 17.3 Å². The first kappa shape index (κ1) is 26.4. The van der Waals surface area contributed by atoms with Crippen LogP contribution in [0.4, 0.5) is 5.82 Å². The van der Waals surface area contributed by atoms with Gasteiger partial charge in [0.2, 0.25) is 0 Å². The highest BCUT2D eigenvalue weighted by atomic mass is 32.2. The number of aromatic nitrogens is 2. The van der Waals surface area contributed by atoms with E-state index in [0.717, 1.165) is 43.9 Å². The lowest BCUT2D eigenvalue weighted by Gasteiger charge is -2.36. The summed E-state index contributed by atoms with van der Waals surface area (Å²) in [5.41, 5.74) is 4.06. The normalized spacial score (nSPS) is 17.4. The number of pyridine rings is 1. The van der Waals surface area contributed by atoms with Gasteiger partial charge in [-0.1, -0.05) is 90.7 Å². The summed E-state index contributed by atoms with van der Waals surface area (Å²) < 4.78 is 2.06. The molecule has 0 saturated carbocycles. The van der Waals surface area contributed by atoms with Gasteiger partial charge in [0.1, 0.15) is 15.8 Å². The minimum Gasteiger partial charge on any atom is -0.353 e. The van der Waals surface area contributed by atoms with Crippen LogP contribution in [0.5, 0.6) is 0 Å². The smallest absolute Gasteiger partial charge is 0.267 e. The molecule has 0 N–H and O–H groups in total. The Balaban J connectivity index is 1.32. The van der Waals surface area contributed by atoms with E-state index in [0.29, 0.717) is 32.8 Å². The van der Waals surface area contributed by atoms with Gasteiger partial charge in [-0.3, -0.25) is 23.8 Å². The number of hydrogen-bond donors (Lipinski definition) is 0. The van der Waals surface area contributed by atoms with Crippen molar-refractivity contribution < 1.29 is 4.79 Å². The monoisotopic (exact) mass is 567 g/mol. The zero-order chi connectivity index (χ0) is 27.6. The summed E-state index contributed by atoms with van der Waals surface area (Å²) in [5, 5.41) is 0. The van der Waals surface area contributed by atoms with Gasteiger partial charge < -0.3 is 4.90 Å². The summed E-state index contributed by atoms with van der Waals surface area (Å²) in [6, 6.07) is 24.0. The number of fused-ring (bicyclic) bond motifs is 1. The summed E-state index contributed by atoms with van der Waals surface area (Å²) >= 11 is 6.81. The van der Waals surface area contributed by atoms with Gasteiger partial charge in [-0.25, -0.2) is 4.98 Å². The maximum atomic E-state index is 13.9. The Morgan fingerprint density at radius 2 is 1.52 bits per heavy atom. The third-order valence-electron chi connectivity index (χ3n) is 7.32. The fourth-order valence-corrected chi connectivity index (χ4v) is 6.40. The van der Waals surface area contributed by atoms with Gasteiger partial charge in [0.15, 0.2) is 0 Å². The van der Waals surface area contributed by atoms with Crippen LogP contribution in [0.25, 0.3) is 11.7 Å². The van der Waals surface area contributed by atoms with Crippen molar-refractivity contribution in [2.24, 2.45) is 0 Å². The van der Waals surface area contributed by atoms with Crippen LogP contribution in [0.15, 0.2) is 88.7 Å². The third kappa shape index (κ3) is 5.32. The number of hydrogen-bond acceptors (Lipinski definition) is 7. The molecular formula is C31H29N5O2S2. The number of anilines is 1. The van der Waals surface area contributed by atoms with Crippen LogP contribution < -0.4 is 10.5 Å². The SMILES string of the molecule is Cc1cccn2c(=O)c(/C=C3/SC(=S)N(Cc4ccccc4)C3=O)c(N3CCN(Cc4ccccc4)CC3)nc12. The topological polar surface area (TPSA) is 61.2 Å². The molecule has 7 nitrogen and oxygen atoms in total. The van der Waals surface area contributed by atoms with Crippen LogP contribution in [0.3, 0.4) is 0 Å². The van der Waals surface area contributed by atoms with Crippen LogP contribution in [-0.4, -0.2) is 55.6 Å². The lowest BCUT2D eigenvalue weighted by molar-refractivity contribution is -0.122. The molecule has 1 amide bonds. The fraction of sp³-hybridized carbons (Fsp3) is 0.226. The predicted octanol–water partition coefficient (Wildman–Crippen LogP) is 4.73. The minimum atomic E-state index is -0.191. The van der Waals surface area contributed by atoms with Crippen molar-refractivity contribution in [2.45, 2.75) is 20.0 Å². The van der Waals surface area contributed by atoms with Crippen molar-refractivity contribution in [1.82, 2.24) is 19.2 Å². The number of piperazine rings is 1. The van der Waals surface area contributed by atoms with Crippen LogP contribution >= 0.6 is 24.0 Å². The molecule has 2 aromatic heterocycles. The summed E-state index contributed by atoms with van der Waals surface area (Å²) in [4.78, 5) is 39.0. The molecule has 6 rings (SSSR count). The van der Waals surface area contributed by atoms with Crippen molar-refractivity contribution in [3.8, 4) is 0 Å². The number of aryl methyl sites for hydroxylation is 1. The highest BCUT2D eigenvalue weighted by molar-refractivity contribution is 8.26. The Hall–Kier alpha value is -3.79. The average Bonchev–Trinajstić information content (AvgIpc) is 3.23. The van der Waals surface area contributed by atoms with Crippen LogP contribution in [0.1, 0.15) is 22.3 Å². The third-order valence-corrected chi connectivity index (χ3v) is 8.70. The van der Waals surface area contributed by atoms with Gasteiger partial charge in [0, 0.05) is 38.9 Å². The summed E-state index contributed by atoms with van der Waals surface area (Å²) in [6.07, 6.45) is 3.43. The second-order valence-electron chi connectivity index (χ2n) is 10.0. The van der Waals surface area contributed by atoms with Crippen LogP contribution in [0.2, 0.25) is 0 Å². The molecule has 4 aromatic rings. The van der Waals surface area contributed by atoms with E-state index < -0.39 is 0 Å². The van der Waals surface area contributed by atoms with E-state index in [2.05, 4.69) is 34.1 Å². The number of carbonyl (C=O) groups excluding carboxylic acids is 1. The molecular weight excluding hydrogens is 539 g/mol. The van der Waals surface area contributed by atoms with Crippen LogP contribution in [0, 0.1) is 6.92 Å². The first-order valence-corrected chi connectivity index (χ1v) is 14.5. The number of thioether (sulfide) groups is 1. The number of rotatable bonds is 6. The van der Waals surface area contributed by atoms with Crippen molar-refractivity contribution in [2.75, 3.05) is 31.1 Å². The van der Waals surface area contributed by atoms with E-state index in [1.807, 2.05) is 55.5 Å². The Morgan fingerprint density at radius 3 is 2.20 bits per heavy atom. The van der Waals surface area contributed by atoms with Gasteiger partial charge in [0.25, 0.3) is 11.5 Å². The second-order valence-corrected chi connectivity index (χ2v) is 11.7. The molecule has 4 heterocycles. The second kappa shape index (κ2) is 11.4. The molecule has 2 aromatic carbocycles. The Labute approximate surface area is 242 Å². The van der Waals surface area contributed by atoms with E-state index in [4.69, 9.17) is 17.2 Å². The number of benzene rings is 2. The highest BCUT2D eigenvalue weighted by Crippen LogP contribution is 2.34. The molecule has 0 radical (unpaired) electrons. The van der Waals surface area contributed by atoms with E-state index in [-0.39, 0.29) is 11.5 Å². The maximum Gasteiger partial charge on any atom is 0.267 e. The van der Waals surface area contributed by atoms with E-state index >= 15 is 0 Å². The molecule has 0 aliphatic carbocycles. The zero-order valence-corrected chi connectivity index (χ0v) is 23.8. The van der Waals surface area contributed by atoms with Crippen molar-refractivity contribution in [3.05, 3.63) is 117 Å². The Morgan fingerprint density at radius 1 is 0.875 bits per heavy atom. The van der Waals surface area contributed by atoms with Gasteiger partial charge in [-0.2, -0.15) is 0 Å². The Kier molecular flexibility index (Phi) is 7.51. The van der Waals surface area contributed by atoms with Gasteiger partial charge in [-0.05, 0) is 35.8 Å². The molecule has 0 unspecified atom stereocenters. The molecule has 0 spiro atoms. The predicted molar refractivity (Wildman–Crippen MR) is 165 cm³/mol. The number of nitrogens with zero attached hydrogens (tertiary/aromatic N) is 5. The Bertz CT molecular complexity index is 1660. The standard InChI is InChI=1S/C31H29N5O2S2/c1-22-9-8-14-35-27(22)32-28(34-17-15-33(16-18-34)20-23-10-4-2-5-11-23)25(29(35)37)19-26-30(38)36(31(39)40-26)21-24-12-6-3-7-13-24/h2-14,19H,15-18,20-21H2,1H3/b26-19+. The number of carbonyl (C=O) groups is 1. The molecule has 2 saturated heterocycles. The van der Waals surface area contributed by atoms with Crippen molar-refractivity contribution in [1.29, 1.82) is 0 Å². The van der Waals surface area contributed by atoms with Gasteiger partial charge in [0.05, 0.1) is 17.0 Å². The molecule has 202 valence electrons. The largest absolute Gasteiger partial charge is 0.353 e. The van der Waals surface area contributed by atoms with Gasteiger partial charge >= 0.3 is 0 Å².